The Morgan fingerprint density at radius 1 is 0.978 bits per heavy atom. The molecule has 0 bridgehead atoms. The van der Waals surface area contributed by atoms with Crippen LogP contribution in [-0.4, -0.2) is 78.0 Å². The van der Waals surface area contributed by atoms with Gasteiger partial charge in [0.25, 0.3) is 5.91 Å². The zero-order valence-electron chi connectivity index (χ0n) is 24.3. The fraction of sp³-hybridized carbons (Fsp3) is 0.267. The Kier molecular flexibility index (Phi) is 10.4. The third kappa shape index (κ3) is 8.05. The highest BCUT2D eigenvalue weighted by molar-refractivity contribution is 7.99. The SMILES string of the molecule is CCOc1ccc(NC(=O)CSc2nnc(CNC(=O)c3ccc(S(=O)(=O)N4CCOCC4)cc3)n2-c2ccc(F)cc2)cc1. The van der Waals surface area contributed by atoms with Crippen LogP contribution >= 0.6 is 11.8 Å². The van der Waals surface area contributed by atoms with Crippen LogP contribution in [0.3, 0.4) is 0 Å². The van der Waals surface area contributed by atoms with Gasteiger partial charge in [-0.2, -0.15) is 4.31 Å². The molecule has 0 aliphatic carbocycles. The zero-order chi connectivity index (χ0) is 31.8. The van der Waals surface area contributed by atoms with Crippen molar-refractivity contribution in [2.75, 3.05) is 44.0 Å². The summed E-state index contributed by atoms with van der Waals surface area (Å²) in [5, 5.41) is 14.4. The minimum Gasteiger partial charge on any atom is -0.494 e. The van der Waals surface area contributed by atoms with Crippen molar-refractivity contribution >= 4 is 39.3 Å². The maximum atomic E-state index is 13.7. The first kappa shape index (κ1) is 32.1. The van der Waals surface area contributed by atoms with Crippen molar-refractivity contribution in [2.45, 2.75) is 23.5 Å². The molecule has 0 radical (unpaired) electrons. The molecule has 1 fully saturated rings. The topological polar surface area (TPSA) is 145 Å². The molecule has 12 nitrogen and oxygen atoms in total. The Morgan fingerprint density at radius 3 is 2.33 bits per heavy atom. The number of carbonyl (C=O) groups excluding carboxylic acids is 2. The van der Waals surface area contributed by atoms with E-state index in [0.717, 1.165) is 11.8 Å². The maximum Gasteiger partial charge on any atom is 0.251 e. The van der Waals surface area contributed by atoms with Gasteiger partial charge in [0.2, 0.25) is 15.9 Å². The van der Waals surface area contributed by atoms with Crippen LogP contribution in [0, 0.1) is 5.82 Å². The number of halogens is 1. The Labute approximate surface area is 264 Å². The minimum atomic E-state index is -3.69. The summed E-state index contributed by atoms with van der Waals surface area (Å²) < 4.78 is 53.1. The van der Waals surface area contributed by atoms with Crippen molar-refractivity contribution in [2.24, 2.45) is 0 Å². The minimum absolute atomic E-state index is 0.0125. The van der Waals surface area contributed by atoms with Crippen molar-refractivity contribution in [3.05, 3.63) is 90.0 Å². The summed E-state index contributed by atoms with van der Waals surface area (Å²) in [6.45, 7) is 3.59. The van der Waals surface area contributed by atoms with Gasteiger partial charge in [0, 0.05) is 30.0 Å². The van der Waals surface area contributed by atoms with Gasteiger partial charge in [-0.05, 0) is 79.7 Å². The van der Waals surface area contributed by atoms with Crippen LogP contribution in [0.2, 0.25) is 0 Å². The van der Waals surface area contributed by atoms with E-state index in [9.17, 15) is 22.4 Å². The number of carbonyl (C=O) groups is 2. The number of hydrogen-bond acceptors (Lipinski definition) is 9. The van der Waals surface area contributed by atoms with E-state index in [-0.39, 0.29) is 41.8 Å². The average molecular weight is 655 g/mol. The number of anilines is 1. The van der Waals surface area contributed by atoms with E-state index in [0.29, 0.717) is 47.9 Å². The lowest BCUT2D eigenvalue weighted by Crippen LogP contribution is -2.40. The van der Waals surface area contributed by atoms with Gasteiger partial charge in [-0.25, -0.2) is 12.8 Å². The van der Waals surface area contributed by atoms with Crippen LogP contribution in [0.5, 0.6) is 5.75 Å². The van der Waals surface area contributed by atoms with Gasteiger partial charge in [-0.3, -0.25) is 14.2 Å². The van der Waals surface area contributed by atoms with Gasteiger partial charge in [-0.15, -0.1) is 10.2 Å². The summed E-state index contributed by atoms with van der Waals surface area (Å²) in [6.07, 6.45) is 0. The predicted octanol–water partition coefficient (Wildman–Crippen LogP) is 3.49. The Hall–Kier alpha value is -4.31. The summed E-state index contributed by atoms with van der Waals surface area (Å²) >= 11 is 1.13. The molecule has 3 aromatic carbocycles. The maximum absolute atomic E-state index is 13.7. The molecule has 2 heterocycles. The van der Waals surface area contributed by atoms with Gasteiger partial charge in [0.05, 0.1) is 37.0 Å². The van der Waals surface area contributed by atoms with Crippen molar-refractivity contribution in [1.82, 2.24) is 24.4 Å². The second-order valence-corrected chi connectivity index (χ2v) is 12.6. The van der Waals surface area contributed by atoms with Crippen LogP contribution < -0.4 is 15.4 Å². The molecule has 15 heteroatoms. The standard InChI is InChI=1S/C30H31FN6O6S2/c1-2-43-25-11-7-23(8-12-25)33-28(38)20-44-30-35-34-27(37(30)24-9-5-22(31)6-10-24)19-32-29(39)21-3-13-26(14-4-21)45(40,41)36-15-17-42-18-16-36/h3-14H,2,15-20H2,1H3,(H,32,39)(H,33,38). The highest BCUT2D eigenvalue weighted by Gasteiger charge is 2.26. The van der Waals surface area contributed by atoms with E-state index in [1.165, 1.54) is 40.7 Å². The molecule has 0 saturated carbocycles. The Morgan fingerprint density at radius 2 is 1.67 bits per heavy atom. The summed E-state index contributed by atoms with van der Waals surface area (Å²) in [6, 6.07) is 18.4. The molecule has 5 rings (SSSR count). The monoisotopic (exact) mass is 654 g/mol. The molecule has 4 aromatic rings. The lowest BCUT2D eigenvalue weighted by molar-refractivity contribution is -0.113. The number of morpholine rings is 1. The summed E-state index contributed by atoms with van der Waals surface area (Å²) in [4.78, 5) is 25.7. The number of nitrogens with zero attached hydrogens (tertiary/aromatic N) is 4. The van der Waals surface area contributed by atoms with Crippen molar-refractivity contribution in [3.8, 4) is 11.4 Å². The number of benzene rings is 3. The lowest BCUT2D eigenvalue weighted by Gasteiger charge is -2.26. The highest BCUT2D eigenvalue weighted by atomic mass is 32.2. The molecule has 1 aliphatic heterocycles. The largest absolute Gasteiger partial charge is 0.494 e. The molecule has 0 spiro atoms. The molecule has 1 aromatic heterocycles. The van der Waals surface area contributed by atoms with Crippen LogP contribution in [0.1, 0.15) is 23.1 Å². The molecular weight excluding hydrogens is 623 g/mol. The predicted molar refractivity (Wildman–Crippen MR) is 165 cm³/mol. The quantitative estimate of drug-likeness (QED) is 0.219. The second kappa shape index (κ2) is 14.6. The highest BCUT2D eigenvalue weighted by Crippen LogP contribution is 2.24. The lowest BCUT2D eigenvalue weighted by atomic mass is 10.2. The molecule has 0 unspecified atom stereocenters. The van der Waals surface area contributed by atoms with E-state index in [1.807, 2.05) is 6.92 Å². The molecule has 1 saturated heterocycles. The normalized spacial score (nSPS) is 13.7. The first-order valence-corrected chi connectivity index (χ1v) is 16.5. The number of nitrogens with one attached hydrogen (secondary N) is 2. The fourth-order valence-corrected chi connectivity index (χ4v) is 6.64. The number of hydrogen-bond donors (Lipinski definition) is 2. The van der Waals surface area contributed by atoms with E-state index < -0.39 is 21.7 Å². The van der Waals surface area contributed by atoms with Gasteiger partial charge < -0.3 is 20.1 Å². The number of ether oxygens (including phenoxy) is 2. The van der Waals surface area contributed by atoms with Crippen molar-refractivity contribution in [1.29, 1.82) is 0 Å². The molecule has 2 amide bonds. The fourth-order valence-electron chi connectivity index (χ4n) is 4.46. The molecule has 0 atom stereocenters. The molecule has 236 valence electrons. The van der Waals surface area contributed by atoms with Crippen molar-refractivity contribution < 1.29 is 31.9 Å². The summed E-state index contributed by atoms with van der Waals surface area (Å²) in [7, 11) is -3.69. The summed E-state index contributed by atoms with van der Waals surface area (Å²) in [5.74, 6) is -0.0978. The van der Waals surface area contributed by atoms with Crippen LogP contribution in [-0.2, 0) is 26.1 Å². The first-order chi connectivity index (χ1) is 21.7. The number of aromatic nitrogens is 3. The molecular formula is C30H31FN6O6S2. The first-order valence-electron chi connectivity index (χ1n) is 14.1. The average Bonchev–Trinajstić information content (AvgIpc) is 3.47. The number of thioether (sulfide) groups is 1. The van der Waals surface area contributed by atoms with Crippen molar-refractivity contribution in [3.63, 3.8) is 0 Å². The van der Waals surface area contributed by atoms with E-state index in [4.69, 9.17) is 9.47 Å². The molecule has 45 heavy (non-hydrogen) atoms. The third-order valence-electron chi connectivity index (χ3n) is 6.70. The zero-order valence-corrected chi connectivity index (χ0v) is 25.9. The van der Waals surface area contributed by atoms with Gasteiger partial charge >= 0.3 is 0 Å². The Bertz CT molecular complexity index is 1730. The second-order valence-electron chi connectivity index (χ2n) is 9.73. The van der Waals surface area contributed by atoms with E-state index >= 15 is 0 Å². The van der Waals surface area contributed by atoms with Crippen LogP contribution in [0.4, 0.5) is 10.1 Å². The summed E-state index contributed by atoms with van der Waals surface area (Å²) in [5.41, 5.74) is 1.40. The molecule has 1 aliphatic rings. The number of amides is 2. The number of sulfonamides is 1. The van der Waals surface area contributed by atoms with Crippen LogP contribution in [0.15, 0.2) is 82.8 Å². The van der Waals surface area contributed by atoms with E-state index in [1.54, 1.807) is 41.0 Å². The number of rotatable bonds is 12. The van der Waals surface area contributed by atoms with E-state index in [2.05, 4.69) is 20.8 Å². The van der Waals surface area contributed by atoms with Gasteiger partial charge in [-0.1, -0.05) is 11.8 Å². The van der Waals surface area contributed by atoms with Gasteiger partial charge in [0.15, 0.2) is 11.0 Å². The third-order valence-corrected chi connectivity index (χ3v) is 9.54. The Balaban J connectivity index is 1.25. The van der Waals surface area contributed by atoms with Crippen LogP contribution in [0.25, 0.3) is 5.69 Å². The van der Waals surface area contributed by atoms with Gasteiger partial charge in [0.1, 0.15) is 11.6 Å². The molecule has 2 N–H and O–H groups in total. The smallest absolute Gasteiger partial charge is 0.251 e.